The second kappa shape index (κ2) is 3.37. The first-order valence-electron chi connectivity index (χ1n) is 5.44. The van der Waals surface area contributed by atoms with Gasteiger partial charge in [-0.15, -0.1) is 0 Å². The Morgan fingerprint density at radius 3 is 2.75 bits per heavy atom. The van der Waals surface area contributed by atoms with Gasteiger partial charge in [-0.05, 0) is 50.6 Å². The summed E-state index contributed by atoms with van der Waals surface area (Å²) in [5, 5.41) is 0. The molecule has 0 bridgehead atoms. The molecule has 12 heavy (non-hydrogen) atoms. The van der Waals surface area contributed by atoms with Gasteiger partial charge in [0, 0.05) is 6.54 Å². The van der Waals surface area contributed by atoms with Gasteiger partial charge < -0.3 is 4.90 Å². The zero-order valence-corrected chi connectivity index (χ0v) is 8.42. The van der Waals surface area contributed by atoms with Crippen LogP contribution in [0, 0.1) is 17.8 Å². The maximum atomic E-state index is 2.51. The molecule has 1 aliphatic carbocycles. The minimum Gasteiger partial charge on any atom is -0.306 e. The molecule has 1 heterocycles. The summed E-state index contributed by atoms with van der Waals surface area (Å²) in [7, 11) is 2.27. The predicted molar refractivity (Wildman–Crippen MR) is 52.1 cm³/mol. The normalized spacial score (nSPS) is 44.0. The van der Waals surface area contributed by atoms with Crippen LogP contribution in [0.3, 0.4) is 0 Å². The van der Waals surface area contributed by atoms with Gasteiger partial charge in [-0.3, -0.25) is 0 Å². The van der Waals surface area contributed by atoms with Crippen LogP contribution in [-0.4, -0.2) is 25.0 Å². The number of likely N-dealkylation sites (tertiary alicyclic amines) is 1. The molecule has 0 amide bonds. The Morgan fingerprint density at radius 1 is 1.08 bits per heavy atom. The monoisotopic (exact) mass is 167 g/mol. The number of hydrogen-bond donors (Lipinski definition) is 0. The number of rotatable bonds is 0. The van der Waals surface area contributed by atoms with Crippen molar-refractivity contribution in [1.29, 1.82) is 0 Å². The molecule has 1 nitrogen and oxygen atoms in total. The van der Waals surface area contributed by atoms with Crippen LogP contribution in [0.4, 0.5) is 0 Å². The van der Waals surface area contributed by atoms with Crippen LogP contribution in [0.2, 0.25) is 0 Å². The van der Waals surface area contributed by atoms with Gasteiger partial charge in [-0.25, -0.2) is 0 Å². The highest BCUT2D eigenvalue weighted by Crippen LogP contribution is 2.38. The molecule has 0 aromatic heterocycles. The molecule has 0 unspecified atom stereocenters. The Kier molecular flexibility index (Phi) is 2.40. The molecular formula is C11H21N. The van der Waals surface area contributed by atoms with Crippen LogP contribution in [0.15, 0.2) is 0 Å². The van der Waals surface area contributed by atoms with Gasteiger partial charge in [-0.1, -0.05) is 13.3 Å². The lowest BCUT2D eigenvalue weighted by Crippen LogP contribution is -2.40. The van der Waals surface area contributed by atoms with E-state index in [0.29, 0.717) is 0 Å². The third kappa shape index (κ3) is 1.66. The first-order valence-corrected chi connectivity index (χ1v) is 5.44. The van der Waals surface area contributed by atoms with Gasteiger partial charge >= 0.3 is 0 Å². The fourth-order valence-electron chi connectivity index (χ4n) is 3.04. The SMILES string of the molecule is C[C@H]1CC[C@H]2CCN(C)C[C@H]2C1. The van der Waals surface area contributed by atoms with E-state index in [9.17, 15) is 0 Å². The largest absolute Gasteiger partial charge is 0.306 e. The van der Waals surface area contributed by atoms with Crippen LogP contribution in [-0.2, 0) is 0 Å². The zero-order chi connectivity index (χ0) is 8.55. The molecule has 0 N–H and O–H groups in total. The molecule has 2 rings (SSSR count). The van der Waals surface area contributed by atoms with Gasteiger partial charge in [0.1, 0.15) is 0 Å². The summed E-state index contributed by atoms with van der Waals surface area (Å²) in [5.74, 6) is 3.11. The second-order valence-electron chi connectivity index (χ2n) is 4.99. The van der Waals surface area contributed by atoms with Gasteiger partial charge in [0.2, 0.25) is 0 Å². The van der Waals surface area contributed by atoms with Crippen molar-refractivity contribution in [3.05, 3.63) is 0 Å². The highest BCUT2D eigenvalue weighted by atomic mass is 15.1. The lowest BCUT2D eigenvalue weighted by atomic mass is 9.71. The summed E-state index contributed by atoms with van der Waals surface area (Å²) >= 11 is 0. The van der Waals surface area contributed by atoms with Crippen molar-refractivity contribution in [2.24, 2.45) is 17.8 Å². The summed E-state index contributed by atoms with van der Waals surface area (Å²) in [6.07, 6.45) is 5.97. The number of piperidine rings is 1. The topological polar surface area (TPSA) is 3.24 Å². The minimum absolute atomic E-state index is 0.998. The molecule has 1 aliphatic heterocycles. The van der Waals surface area contributed by atoms with Crippen molar-refractivity contribution in [3.63, 3.8) is 0 Å². The van der Waals surface area contributed by atoms with Crippen molar-refractivity contribution in [2.75, 3.05) is 20.1 Å². The van der Waals surface area contributed by atoms with E-state index in [4.69, 9.17) is 0 Å². The fraction of sp³-hybridized carbons (Fsp3) is 1.00. The Hall–Kier alpha value is -0.0400. The zero-order valence-electron chi connectivity index (χ0n) is 8.42. The van der Waals surface area contributed by atoms with Gasteiger partial charge in [0.15, 0.2) is 0 Å². The average molecular weight is 167 g/mol. The standard InChI is InChI=1S/C11H21N/c1-9-3-4-10-5-6-12(2)8-11(10)7-9/h9-11H,3-8H2,1-2H3/t9-,10-,11+/m0/s1. The molecule has 0 aromatic carbocycles. The molecule has 2 aliphatic rings. The molecule has 1 saturated heterocycles. The van der Waals surface area contributed by atoms with Crippen LogP contribution in [0.1, 0.15) is 32.6 Å². The van der Waals surface area contributed by atoms with Gasteiger partial charge in [0.05, 0.1) is 0 Å². The molecule has 3 atom stereocenters. The highest BCUT2D eigenvalue weighted by molar-refractivity contribution is 4.84. The van der Waals surface area contributed by atoms with Gasteiger partial charge in [0.25, 0.3) is 0 Å². The van der Waals surface area contributed by atoms with Gasteiger partial charge in [-0.2, -0.15) is 0 Å². The minimum atomic E-state index is 0.998. The molecule has 0 radical (unpaired) electrons. The number of hydrogen-bond acceptors (Lipinski definition) is 1. The van der Waals surface area contributed by atoms with E-state index in [1.807, 2.05) is 0 Å². The summed E-state index contributed by atoms with van der Waals surface area (Å²) in [6, 6.07) is 0. The van der Waals surface area contributed by atoms with Crippen LogP contribution >= 0.6 is 0 Å². The van der Waals surface area contributed by atoms with E-state index in [2.05, 4.69) is 18.9 Å². The summed E-state index contributed by atoms with van der Waals surface area (Å²) in [6.45, 7) is 5.13. The average Bonchev–Trinajstić information content (AvgIpc) is 2.03. The molecule has 1 heteroatoms. The van der Waals surface area contributed by atoms with Crippen LogP contribution < -0.4 is 0 Å². The van der Waals surface area contributed by atoms with E-state index < -0.39 is 0 Å². The van der Waals surface area contributed by atoms with Crippen molar-refractivity contribution < 1.29 is 0 Å². The second-order valence-corrected chi connectivity index (χ2v) is 4.99. The van der Waals surface area contributed by atoms with E-state index >= 15 is 0 Å². The lowest BCUT2D eigenvalue weighted by molar-refractivity contribution is 0.0838. The fourth-order valence-corrected chi connectivity index (χ4v) is 3.04. The first kappa shape index (κ1) is 8.55. The predicted octanol–water partition coefficient (Wildman–Crippen LogP) is 2.37. The van der Waals surface area contributed by atoms with E-state index in [1.165, 1.54) is 38.8 Å². The number of nitrogens with zero attached hydrogens (tertiary/aromatic N) is 1. The molecule has 70 valence electrons. The Bertz CT molecular complexity index is 139. The molecule has 0 aromatic rings. The Labute approximate surface area is 76.1 Å². The van der Waals surface area contributed by atoms with Crippen LogP contribution in [0.5, 0.6) is 0 Å². The summed E-state index contributed by atoms with van der Waals surface area (Å²) < 4.78 is 0. The van der Waals surface area contributed by atoms with E-state index in [-0.39, 0.29) is 0 Å². The van der Waals surface area contributed by atoms with Crippen molar-refractivity contribution >= 4 is 0 Å². The molecule has 2 fully saturated rings. The maximum absolute atomic E-state index is 2.51. The Morgan fingerprint density at radius 2 is 1.92 bits per heavy atom. The molecular weight excluding hydrogens is 146 g/mol. The Balaban J connectivity index is 1.94. The summed E-state index contributed by atoms with van der Waals surface area (Å²) in [4.78, 5) is 2.51. The smallest absolute Gasteiger partial charge is 0.000936 e. The van der Waals surface area contributed by atoms with E-state index in [0.717, 1.165) is 17.8 Å². The maximum Gasteiger partial charge on any atom is 0.000936 e. The lowest BCUT2D eigenvalue weighted by Gasteiger charge is -2.41. The molecule has 0 spiro atoms. The van der Waals surface area contributed by atoms with Crippen LogP contribution in [0.25, 0.3) is 0 Å². The number of fused-ring (bicyclic) bond motifs is 1. The van der Waals surface area contributed by atoms with E-state index in [1.54, 1.807) is 0 Å². The first-order chi connectivity index (χ1) is 5.75. The third-order valence-electron chi connectivity index (χ3n) is 3.83. The quantitative estimate of drug-likeness (QED) is 0.535. The third-order valence-corrected chi connectivity index (χ3v) is 3.83. The summed E-state index contributed by atoms with van der Waals surface area (Å²) in [5.41, 5.74) is 0. The van der Waals surface area contributed by atoms with Crippen molar-refractivity contribution in [2.45, 2.75) is 32.6 Å². The highest BCUT2D eigenvalue weighted by Gasteiger charge is 2.32. The molecule has 1 saturated carbocycles. The van der Waals surface area contributed by atoms with Crippen molar-refractivity contribution in [3.8, 4) is 0 Å². The van der Waals surface area contributed by atoms with Crippen molar-refractivity contribution in [1.82, 2.24) is 4.90 Å².